The van der Waals surface area contributed by atoms with Crippen LogP contribution in [0.15, 0.2) is 0 Å². The van der Waals surface area contributed by atoms with Crippen molar-refractivity contribution in [2.45, 2.75) is 34.1 Å². The maximum absolute atomic E-state index is 5.73. The second-order valence-electron chi connectivity index (χ2n) is 3.98. The maximum atomic E-state index is 5.73. The Bertz CT molecular complexity index is 267. The van der Waals surface area contributed by atoms with E-state index in [0.29, 0.717) is 19.8 Å². The highest BCUT2D eigenvalue weighted by Gasteiger charge is 2.43. The summed E-state index contributed by atoms with van der Waals surface area (Å²) in [6.45, 7) is 10.0. The predicted molar refractivity (Wildman–Crippen MR) is 122 cm³/mol. The molecule has 0 aromatic carbocycles. The van der Waals surface area contributed by atoms with Crippen molar-refractivity contribution in [1.82, 2.24) is 0 Å². The zero-order valence-electron chi connectivity index (χ0n) is 16.1. The van der Waals surface area contributed by atoms with Crippen molar-refractivity contribution in [2.75, 3.05) is 46.9 Å². The molecule has 0 fully saturated rings. The SMILES string of the molecule is CCCSSSS[Si](OCC)(OCC)OCC.CO[Si](S)(OC)OC. The van der Waals surface area contributed by atoms with Gasteiger partial charge in [0, 0.05) is 46.9 Å². The summed E-state index contributed by atoms with van der Waals surface area (Å²) in [5.41, 5.74) is 0. The van der Waals surface area contributed by atoms with Crippen molar-refractivity contribution in [2.24, 2.45) is 0 Å². The minimum Gasteiger partial charge on any atom is -0.369 e. The van der Waals surface area contributed by atoms with Crippen molar-refractivity contribution < 1.29 is 26.6 Å². The van der Waals surface area contributed by atoms with Gasteiger partial charge >= 0.3 is 15.9 Å². The standard InChI is InChI=1S/C9H22O3S4Si.C3H10O3SSi/c1-5-9-13-14-15-16-17(10-6-2,11-7-3)12-8-4;1-4-8(7,5-2)6-3/h5-9H2,1-4H3;7H,1-3H3. The van der Waals surface area contributed by atoms with Gasteiger partial charge in [-0.1, -0.05) is 17.7 Å². The number of hydrogen-bond donors (Lipinski definition) is 1. The molecule has 0 N–H and O–H groups in total. The molecular weight excluding hydrogens is 457 g/mol. The summed E-state index contributed by atoms with van der Waals surface area (Å²) < 4.78 is 31.6. The third kappa shape index (κ3) is 15.5. The Balaban J connectivity index is 0. The molecule has 0 aliphatic rings. The van der Waals surface area contributed by atoms with E-state index in [9.17, 15) is 0 Å². The molecule has 0 heterocycles. The summed E-state index contributed by atoms with van der Waals surface area (Å²) in [5, 5.41) is 0. The molecule has 0 amide bonds. The molecule has 0 saturated carbocycles. The largest absolute Gasteiger partial charge is 0.585 e. The molecule has 0 rings (SSSR count). The highest BCUT2D eigenvalue weighted by molar-refractivity contribution is 9.28. The van der Waals surface area contributed by atoms with E-state index in [1.807, 2.05) is 31.6 Å². The van der Waals surface area contributed by atoms with E-state index in [0.717, 1.165) is 0 Å². The zero-order valence-corrected chi connectivity index (χ0v) is 22.2. The van der Waals surface area contributed by atoms with Crippen LogP contribution in [0.25, 0.3) is 0 Å². The second kappa shape index (κ2) is 19.3. The normalized spacial score (nSPS) is 12.0. The second-order valence-corrected chi connectivity index (χ2v) is 18.3. The van der Waals surface area contributed by atoms with Crippen LogP contribution < -0.4 is 0 Å². The van der Waals surface area contributed by atoms with Crippen LogP contribution in [-0.4, -0.2) is 62.8 Å². The molecule has 13 heteroatoms. The van der Waals surface area contributed by atoms with Crippen molar-refractivity contribution in [3.63, 3.8) is 0 Å². The Kier molecular flexibility index (Phi) is 22.5. The summed E-state index contributed by atoms with van der Waals surface area (Å²) in [5.74, 6) is 1.17. The summed E-state index contributed by atoms with van der Waals surface area (Å²) in [6, 6.07) is 0. The summed E-state index contributed by atoms with van der Waals surface area (Å²) in [7, 11) is 6.49. The fourth-order valence-corrected chi connectivity index (χ4v) is 15.7. The molecule has 0 bridgehead atoms. The number of thiol groups is 1. The number of hydrogen-bond acceptors (Lipinski definition) is 11. The average molecular weight is 489 g/mol. The zero-order chi connectivity index (χ0) is 19.6. The van der Waals surface area contributed by atoms with Gasteiger partial charge in [0.2, 0.25) is 0 Å². The minimum atomic E-state index is -2.51. The molecule has 154 valence electrons. The summed E-state index contributed by atoms with van der Waals surface area (Å²) in [6.07, 6.45) is 1.20. The van der Waals surface area contributed by atoms with Crippen LogP contribution in [0.4, 0.5) is 0 Å². The first-order valence-corrected chi connectivity index (χ1v) is 18.3. The molecule has 0 aliphatic carbocycles. The van der Waals surface area contributed by atoms with Crippen molar-refractivity contribution in [3.8, 4) is 0 Å². The van der Waals surface area contributed by atoms with Crippen LogP contribution in [-0.2, 0) is 26.6 Å². The molecule has 0 atom stereocenters. The Morgan fingerprint density at radius 2 is 1.20 bits per heavy atom. The smallest absolute Gasteiger partial charge is 0.369 e. The predicted octanol–water partition coefficient (Wildman–Crippen LogP) is 4.91. The minimum absolute atomic E-state index is 0.631. The molecule has 25 heavy (non-hydrogen) atoms. The Hall–Kier alpha value is 1.94. The van der Waals surface area contributed by atoms with Crippen molar-refractivity contribution in [3.05, 3.63) is 0 Å². The van der Waals surface area contributed by atoms with Crippen LogP contribution in [0.1, 0.15) is 34.1 Å². The van der Waals surface area contributed by atoms with E-state index >= 15 is 0 Å². The van der Waals surface area contributed by atoms with Gasteiger partial charge in [0.25, 0.3) is 0 Å². The molecule has 0 aromatic heterocycles. The Morgan fingerprint density at radius 3 is 1.48 bits per heavy atom. The lowest BCUT2D eigenvalue weighted by molar-refractivity contribution is 0.0971. The molecule has 0 saturated heterocycles. The summed E-state index contributed by atoms with van der Waals surface area (Å²) in [4.78, 5) is 0. The molecule has 0 radical (unpaired) electrons. The van der Waals surface area contributed by atoms with Gasteiger partial charge in [-0.2, -0.15) is 0 Å². The van der Waals surface area contributed by atoms with E-state index in [1.54, 1.807) is 29.9 Å². The molecule has 6 nitrogen and oxygen atoms in total. The van der Waals surface area contributed by atoms with Gasteiger partial charge in [-0.15, -0.1) is 12.1 Å². The van der Waals surface area contributed by atoms with Gasteiger partial charge in [-0.05, 0) is 57.1 Å². The first-order valence-electron chi connectivity index (χ1n) is 7.86. The average Bonchev–Trinajstić information content (AvgIpc) is 2.62. The fraction of sp³-hybridized carbons (Fsp3) is 1.00. The molecule has 0 spiro atoms. The van der Waals surface area contributed by atoms with E-state index < -0.39 is 15.9 Å². The lowest BCUT2D eigenvalue weighted by atomic mass is 10.6. The Morgan fingerprint density at radius 1 is 0.760 bits per heavy atom. The highest BCUT2D eigenvalue weighted by Crippen LogP contribution is 2.48. The van der Waals surface area contributed by atoms with Gasteiger partial charge in [-0.25, -0.2) is 0 Å². The van der Waals surface area contributed by atoms with E-state index in [2.05, 4.69) is 19.0 Å². The molecule has 0 aliphatic heterocycles. The van der Waals surface area contributed by atoms with Crippen LogP contribution in [0.5, 0.6) is 0 Å². The van der Waals surface area contributed by atoms with E-state index in [-0.39, 0.29) is 0 Å². The van der Waals surface area contributed by atoms with Crippen LogP contribution in [0, 0.1) is 0 Å². The third-order valence-electron chi connectivity index (χ3n) is 2.24. The fourth-order valence-electron chi connectivity index (χ4n) is 1.17. The van der Waals surface area contributed by atoms with Gasteiger partial charge in [0.1, 0.15) is 0 Å². The van der Waals surface area contributed by atoms with E-state index in [1.165, 1.54) is 33.5 Å². The lowest BCUT2D eigenvalue weighted by Crippen LogP contribution is -2.42. The monoisotopic (exact) mass is 488 g/mol. The van der Waals surface area contributed by atoms with Crippen molar-refractivity contribution in [1.29, 1.82) is 0 Å². The first-order chi connectivity index (χ1) is 11.9. The quantitative estimate of drug-likeness (QED) is 0.149. The topological polar surface area (TPSA) is 55.4 Å². The highest BCUT2D eigenvalue weighted by atomic mass is 33.7. The maximum Gasteiger partial charge on any atom is 0.585 e. The molecular formula is C12H32O6S5Si2. The third-order valence-corrected chi connectivity index (χ3v) is 18.3. The van der Waals surface area contributed by atoms with Crippen LogP contribution >= 0.6 is 52.8 Å². The first kappa shape index (κ1) is 29.1. The summed E-state index contributed by atoms with van der Waals surface area (Å²) >= 11 is 3.99. The van der Waals surface area contributed by atoms with Crippen LogP contribution in [0.3, 0.4) is 0 Å². The lowest BCUT2D eigenvalue weighted by Gasteiger charge is -2.25. The van der Waals surface area contributed by atoms with Crippen molar-refractivity contribution >= 4 is 68.7 Å². The van der Waals surface area contributed by atoms with Crippen LogP contribution in [0.2, 0.25) is 0 Å². The van der Waals surface area contributed by atoms with Gasteiger partial charge in [-0.3, -0.25) is 0 Å². The van der Waals surface area contributed by atoms with Gasteiger partial charge < -0.3 is 26.6 Å². The number of rotatable bonds is 15. The molecule has 0 unspecified atom stereocenters. The Labute approximate surface area is 175 Å². The van der Waals surface area contributed by atoms with E-state index in [4.69, 9.17) is 26.6 Å². The molecule has 0 aromatic rings. The van der Waals surface area contributed by atoms with Gasteiger partial charge in [0.05, 0.1) is 0 Å². The van der Waals surface area contributed by atoms with Gasteiger partial charge in [0.15, 0.2) is 0 Å².